The Hall–Kier alpha value is -2.37. The highest BCUT2D eigenvalue weighted by Gasteiger charge is 2.14. The highest BCUT2D eigenvalue weighted by Crippen LogP contribution is 2.17. The lowest BCUT2D eigenvalue weighted by molar-refractivity contribution is 0.0915. The smallest absolute Gasteiger partial charge is 0.135 e. The van der Waals surface area contributed by atoms with E-state index in [2.05, 4.69) is 11.9 Å². The quantitative estimate of drug-likeness (QED) is 0.700. The zero-order chi connectivity index (χ0) is 16.9. The summed E-state index contributed by atoms with van der Waals surface area (Å²) in [4.78, 5) is 4.38. The molecule has 5 nitrogen and oxygen atoms in total. The van der Waals surface area contributed by atoms with Crippen LogP contribution in [-0.4, -0.2) is 32.5 Å². The second kappa shape index (κ2) is 7.47. The Kier molecular flexibility index (Phi) is 5.13. The second-order valence-electron chi connectivity index (χ2n) is 5.75. The van der Waals surface area contributed by atoms with Gasteiger partial charge in [-0.15, -0.1) is 0 Å². The summed E-state index contributed by atoms with van der Waals surface area (Å²) in [5.41, 5.74) is 2.96. The van der Waals surface area contributed by atoms with Gasteiger partial charge >= 0.3 is 0 Å². The Bertz CT molecular complexity index is 796. The molecule has 1 heterocycles. The van der Waals surface area contributed by atoms with E-state index in [1.165, 1.54) is 5.56 Å². The molecule has 0 aliphatic rings. The Morgan fingerprint density at radius 2 is 1.88 bits per heavy atom. The first-order valence-electron chi connectivity index (χ1n) is 8.16. The van der Waals surface area contributed by atoms with Crippen LogP contribution >= 0.6 is 0 Å². The lowest BCUT2D eigenvalue weighted by Crippen LogP contribution is -2.24. The lowest BCUT2D eigenvalue weighted by Gasteiger charge is -2.15. The van der Waals surface area contributed by atoms with Gasteiger partial charge in [-0.3, -0.25) is 0 Å². The first-order chi connectivity index (χ1) is 11.7. The fourth-order valence-corrected chi connectivity index (χ4v) is 2.73. The highest BCUT2D eigenvalue weighted by molar-refractivity contribution is 5.75. The first kappa shape index (κ1) is 16.5. The fraction of sp³-hybridized carbons (Fsp3) is 0.316. The number of aliphatic hydroxyl groups excluding tert-OH is 2. The van der Waals surface area contributed by atoms with Gasteiger partial charge in [-0.25, -0.2) is 4.98 Å². The molecule has 0 saturated heterocycles. The van der Waals surface area contributed by atoms with Gasteiger partial charge in [0, 0.05) is 0 Å². The van der Waals surface area contributed by atoms with Crippen LogP contribution in [0.2, 0.25) is 0 Å². The maximum Gasteiger partial charge on any atom is 0.135 e. The average molecular weight is 326 g/mol. The maximum absolute atomic E-state index is 10.3. The van der Waals surface area contributed by atoms with Crippen LogP contribution in [0.5, 0.6) is 5.75 Å². The van der Waals surface area contributed by atoms with E-state index >= 15 is 0 Å². The number of aryl methyl sites for hydroxylation is 1. The number of rotatable bonds is 7. The molecule has 3 rings (SSSR count). The monoisotopic (exact) mass is 326 g/mol. The zero-order valence-electron chi connectivity index (χ0n) is 13.7. The Labute approximate surface area is 141 Å². The number of fused-ring (bicyclic) bond motifs is 1. The number of ether oxygens (including phenoxy) is 1. The van der Waals surface area contributed by atoms with Crippen molar-refractivity contribution in [3.05, 3.63) is 59.9 Å². The third-order valence-electron chi connectivity index (χ3n) is 4.04. The minimum atomic E-state index is -0.696. The molecule has 126 valence electrons. The summed E-state index contributed by atoms with van der Waals surface area (Å²) in [6, 6.07) is 15.5. The molecule has 3 aromatic rings. The molecule has 0 unspecified atom stereocenters. The molecule has 24 heavy (non-hydrogen) atoms. The van der Waals surface area contributed by atoms with Crippen molar-refractivity contribution in [1.29, 1.82) is 0 Å². The van der Waals surface area contributed by atoms with Crippen LogP contribution in [-0.2, 0) is 19.6 Å². The van der Waals surface area contributed by atoms with Crippen molar-refractivity contribution in [1.82, 2.24) is 9.55 Å². The molecule has 0 aliphatic carbocycles. The molecule has 1 aromatic heterocycles. The predicted molar refractivity (Wildman–Crippen MR) is 93.0 cm³/mol. The third-order valence-corrected chi connectivity index (χ3v) is 4.04. The first-order valence-corrected chi connectivity index (χ1v) is 8.16. The number of benzene rings is 2. The third kappa shape index (κ3) is 3.58. The molecule has 0 fully saturated rings. The average Bonchev–Trinajstić information content (AvgIpc) is 2.98. The van der Waals surface area contributed by atoms with Gasteiger partial charge in [0.25, 0.3) is 0 Å². The van der Waals surface area contributed by atoms with E-state index in [1.807, 2.05) is 53.1 Å². The number of aliphatic hydroxyl groups is 2. The summed E-state index contributed by atoms with van der Waals surface area (Å²) < 4.78 is 7.49. The van der Waals surface area contributed by atoms with Crippen LogP contribution in [0.25, 0.3) is 11.0 Å². The van der Waals surface area contributed by atoms with Crippen molar-refractivity contribution in [3.8, 4) is 5.75 Å². The molecule has 0 spiro atoms. The van der Waals surface area contributed by atoms with Crippen molar-refractivity contribution >= 4 is 11.0 Å². The summed E-state index contributed by atoms with van der Waals surface area (Å²) in [5, 5.41) is 19.8. The van der Waals surface area contributed by atoms with Crippen LogP contribution in [0.15, 0.2) is 48.5 Å². The number of para-hydroxylation sites is 2. The Balaban J connectivity index is 1.67. The van der Waals surface area contributed by atoms with E-state index in [0.29, 0.717) is 12.4 Å². The van der Waals surface area contributed by atoms with Gasteiger partial charge < -0.3 is 19.5 Å². The van der Waals surface area contributed by atoms with Crippen molar-refractivity contribution in [2.75, 3.05) is 6.61 Å². The molecule has 1 atom stereocenters. The van der Waals surface area contributed by atoms with Gasteiger partial charge in [0.05, 0.1) is 17.6 Å². The normalized spacial score (nSPS) is 12.5. The second-order valence-corrected chi connectivity index (χ2v) is 5.75. The van der Waals surface area contributed by atoms with Gasteiger partial charge in [-0.1, -0.05) is 31.2 Å². The molecule has 0 bridgehead atoms. The van der Waals surface area contributed by atoms with Gasteiger partial charge in [-0.05, 0) is 36.2 Å². The standard InChI is InChI=1S/C19H22N2O3/c1-2-14-7-9-16(10-8-14)24-13-15(23)11-21-18-6-4-3-5-17(18)20-19(21)12-22/h3-10,15,22-23H,2,11-13H2,1H3/t15-/m0/s1. The number of aromatic nitrogens is 2. The largest absolute Gasteiger partial charge is 0.491 e. The van der Waals surface area contributed by atoms with E-state index in [9.17, 15) is 10.2 Å². The number of imidazole rings is 1. The summed E-state index contributed by atoms with van der Waals surface area (Å²) in [7, 11) is 0. The van der Waals surface area contributed by atoms with Gasteiger partial charge in [0.1, 0.15) is 30.9 Å². The fourth-order valence-electron chi connectivity index (χ4n) is 2.73. The maximum atomic E-state index is 10.3. The van der Waals surface area contributed by atoms with E-state index in [0.717, 1.165) is 23.2 Å². The minimum Gasteiger partial charge on any atom is -0.491 e. The molecule has 2 N–H and O–H groups in total. The van der Waals surface area contributed by atoms with Crippen molar-refractivity contribution < 1.29 is 14.9 Å². The molecular formula is C19H22N2O3. The van der Waals surface area contributed by atoms with Gasteiger partial charge in [0.2, 0.25) is 0 Å². The lowest BCUT2D eigenvalue weighted by atomic mass is 10.2. The zero-order valence-corrected chi connectivity index (χ0v) is 13.7. The summed E-state index contributed by atoms with van der Waals surface area (Å²) in [6.45, 7) is 2.45. The predicted octanol–water partition coefficient (Wildman–Crippen LogP) is 2.53. The Morgan fingerprint density at radius 1 is 1.12 bits per heavy atom. The molecule has 2 aromatic carbocycles. The summed E-state index contributed by atoms with van der Waals surface area (Å²) in [6.07, 6.45) is 0.291. The van der Waals surface area contributed by atoms with Crippen LogP contribution < -0.4 is 4.74 Å². The van der Waals surface area contributed by atoms with E-state index in [-0.39, 0.29) is 13.2 Å². The molecule has 5 heteroatoms. The van der Waals surface area contributed by atoms with Crippen molar-refractivity contribution in [2.24, 2.45) is 0 Å². The van der Waals surface area contributed by atoms with Crippen LogP contribution in [0.3, 0.4) is 0 Å². The van der Waals surface area contributed by atoms with E-state index in [1.54, 1.807) is 0 Å². The van der Waals surface area contributed by atoms with Crippen LogP contribution in [0.4, 0.5) is 0 Å². The highest BCUT2D eigenvalue weighted by atomic mass is 16.5. The van der Waals surface area contributed by atoms with E-state index < -0.39 is 6.10 Å². The Morgan fingerprint density at radius 3 is 2.58 bits per heavy atom. The number of hydrogen-bond acceptors (Lipinski definition) is 4. The topological polar surface area (TPSA) is 67.5 Å². The SMILES string of the molecule is CCc1ccc(OC[C@@H](O)Cn2c(CO)nc3ccccc32)cc1. The molecular weight excluding hydrogens is 304 g/mol. The summed E-state index contributed by atoms with van der Waals surface area (Å²) >= 11 is 0. The van der Waals surface area contributed by atoms with Crippen molar-refractivity contribution in [2.45, 2.75) is 32.6 Å². The van der Waals surface area contributed by atoms with Crippen LogP contribution in [0, 0.1) is 0 Å². The summed E-state index contributed by atoms with van der Waals surface area (Å²) in [5.74, 6) is 1.28. The van der Waals surface area contributed by atoms with Crippen LogP contribution in [0.1, 0.15) is 18.3 Å². The van der Waals surface area contributed by atoms with Crippen molar-refractivity contribution in [3.63, 3.8) is 0 Å². The minimum absolute atomic E-state index is 0.166. The van der Waals surface area contributed by atoms with Gasteiger partial charge in [0.15, 0.2) is 0 Å². The molecule has 0 aliphatic heterocycles. The number of nitrogens with zero attached hydrogens (tertiary/aromatic N) is 2. The number of hydrogen-bond donors (Lipinski definition) is 2. The van der Waals surface area contributed by atoms with E-state index in [4.69, 9.17) is 4.74 Å². The molecule has 0 amide bonds. The van der Waals surface area contributed by atoms with Gasteiger partial charge in [-0.2, -0.15) is 0 Å². The molecule has 0 radical (unpaired) electrons. The molecule has 0 saturated carbocycles.